The van der Waals surface area contributed by atoms with Gasteiger partial charge < -0.3 is 14.3 Å². The van der Waals surface area contributed by atoms with Gasteiger partial charge in [-0.25, -0.2) is 0 Å². The summed E-state index contributed by atoms with van der Waals surface area (Å²) in [6.07, 6.45) is 4.01. The van der Waals surface area contributed by atoms with E-state index in [1.54, 1.807) is 0 Å². The molecule has 0 bridgehead atoms. The highest BCUT2D eigenvalue weighted by molar-refractivity contribution is 14.1. The van der Waals surface area contributed by atoms with E-state index in [9.17, 15) is 5.11 Å². The Bertz CT molecular complexity index is 751. The van der Waals surface area contributed by atoms with Crippen LogP contribution in [0.1, 0.15) is 88.4 Å². The molecule has 0 aromatic carbocycles. The molecule has 2 aliphatic rings. The maximum Gasteiger partial charge on any atom is 0.192 e. The molecule has 1 aliphatic heterocycles. The zero-order valence-electron chi connectivity index (χ0n) is 19.2. The van der Waals surface area contributed by atoms with Gasteiger partial charge in [0.2, 0.25) is 0 Å². The molecule has 29 heavy (non-hydrogen) atoms. The second-order valence-electron chi connectivity index (χ2n) is 11.1. The molecule has 164 valence electrons. The average molecular weight is 532 g/mol. The Morgan fingerprint density at radius 1 is 1.24 bits per heavy atom. The molecule has 1 atom stereocenters. The number of aliphatic hydroxyl groups excluding tert-OH is 1. The first-order valence-corrected chi connectivity index (χ1v) is 14.9. The smallest absolute Gasteiger partial charge is 0.192 e. The number of fused-ring (bicyclic) bond motifs is 1. The van der Waals surface area contributed by atoms with Gasteiger partial charge >= 0.3 is 0 Å². The Morgan fingerprint density at radius 2 is 1.86 bits per heavy atom. The van der Waals surface area contributed by atoms with Gasteiger partial charge in [0.25, 0.3) is 0 Å². The highest BCUT2D eigenvalue weighted by Crippen LogP contribution is 2.49. The van der Waals surface area contributed by atoms with Crippen LogP contribution >= 0.6 is 22.6 Å². The summed E-state index contributed by atoms with van der Waals surface area (Å²) < 4.78 is 13.7. The first kappa shape index (κ1) is 23.6. The van der Waals surface area contributed by atoms with Gasteiger partial charge in [0.1, 0.15) is 0 Å². The summed E-state index contributed by atoms with van der Waals surface area (Å²) in [6, 6.07) is 0. The summed E-state index contributed by atoms with van der Waals surface area (Å²) in [5.74, 6) is 0.384. The lowest BCUT2D eigenvalue weighted by atomic mass is 9.74. The fourth-order valence-electron chi connectivity index (χ4n) is 4.36. The molecule has 0 spiro atoms. The van der Waals surface area contributed by atoms with Crippen molar-refractivity contribution in [2.45, 2.75) is 97.1 Å². The van der Waals surface area contributed by atoms with Crippen molar-refractivity contribution in [3.8, 4) is 0 Å². The van der Waals surface area contributed by atoms with Crippen LogP contribution in [0.25, 0.3) is 0 Å². The molecule has 1 saturated heterocycles. The fraction of sp³-hybridized carbons (Fsp3) is 0.783. The van der Waals surface area contributed by atoms with E-state index in [0.717, 1.165) is 50.2 Å². The molecule has 0 radical (unpaired) electrons. The molecule has 1 unspecified atom stereocenters. The third kappa shape index (κ3) is 4.91. The molecule has 6 heteroatoms. The van der Waals surface area contributed by atoms with Gasteiger partial charge in [0.15, 0.2) is 8.32 Å². The van der Waals surface area contributed by atoms with Crippen LogP contribution in [0.4, 0.5) is 0 Å². The number of hydrogen-bond donors (Lipinski definition) is 1. The maximum atomic E-state index is 10.3. The van der Waals surface area contributed by atoms with Crippen LogP contribution in [0.15, 0.2) is 0 Å². The summed E-state index contributed by atoms with van der Waals surface area (Å²) in [5.41, 5.74) is 4.70. The molecule has 1 aromatic heterocycles. The van der Waals surface area contributed by atoms with Crippen molar-refractivity contribution in [1.29, 1.82) is 0 Å². The minimum Gasteiger partial charge on any atom is -0.410 e. The maximum absolute atomic E-state index is 10.3. The summed E-state index contributed by atoms with van der Waals surface area (Å²) >= 11 is 2.45. The molecule has 1 aromatic rings. The van der Waals surface area contributed by atoms with E-state index in [0.29, 0.717) is 5.92 Å². The van der Waals surface area contributed by atoms with Crippen molar-refractivity contribution >= 4 is 30.9 Å². The monoisotopic (exact) mass is 531 g/mol. The van der Waals surface area contributed by atoms with Gasteiger partial charge in [0.05, 0.1) is 18.4 Å². The standard InChI is InChI=1S/C23H38INO3Si/c1-22(2,3)29(6,7)28-18-13-23(4,5)12-17-19(18)20(24)16(14-26)21(25-17)15-8-10-27-11-9-15/h15,18,26H,8-14H2,1-7H3. The van der Waals surface area contributed by atoms with Crippen LogP contribution < -0.4 is 0 Å². The number of halogens is 1. The summed E-state index contributed by atoms with van der Waals surface area (Å²) in [7, 11) is -1.93. The van der Waals surface area contributed by atoms with Crippen LogP contribution in [-0.4, -0.2) is 31.6 Å². The quantitative estimate of drug-likeness (QED) is 0.377. The van der Waals surface area contributed by atoms with Gasteiger partial charge in [0, 0.05) is 39.5 Å². The Hall–Kier alpha value is -0.0231. The van der Waals surface area contributed by atoms with E-state index < -0.39 is 8.32 Å². The number of hydrogen-bond acceptors (Lipinski definition) is 4. The molecule has 1 aliphatic carbocycles. The third-order valence-electron chi connectivity index (χ3n) is 7.09. The SMILES string of the molecule is CC1(C)Cc2nc(C3CCOCC3)c(CO)c(I)c2C(O[Si](C)(C)C(C)(C)C)C1. The van der Waals surface area contributed by atoms with Gasteiger partial charge in [-0.2, -0.15) is 0 Å². The van der Waals surface area contributed by atoms with E-state index in [4.69, 9.17) is 14.1 Å². The second kappa shape index (κ2) is 8.49. The van der Waals surface area contributed by atoms with E-state index in [1.807, 2.05) is 0 Å². The summed E-state index contributed by atoms with van der Waals surface area (Å²) in [5, 5.41) is 10.4. The Balaban J connectivity index is 2.09. The number of nitrogens with zero attached hydrogens (tertiary/aromatic N) is 1. The van der Waals surface area contributed by atoms with Crippen LogP contribution in [0, 0.1) is 8.99 Å². The van der Waals surface area contributed by atoms with Crippen molar-refractivity contribution in [3.63, 3.8) is 0 Å². The summed E-state index contributed by atoms with van der Waals surface area (Å²) in [6.45, 7) is 17.8. The first-order valence-electron chi connectivity index (χ1n) is 10.9. The van der Waals surface area contributed by atoms with Crippen LogP contribution in [0.3, 0.4) is 0 Å². The predicted octanol–water partition coefficient (Wildman–Crippen LogP) is 6.11. The average Bonchev–Trinajstić information content (AvgIpc) is 2.59. The van der Waals surface area contributed by atoms with Crippen LogP contribution in [0.5, 0.6) is 0 Å². The Morgan fingerprint density at radius 3 is 2.41 bits per heavy atom. The lowest BCUT2D eigenvalue weighted by molar-refractivity contribution is 0.0831. The van der Waals surface area contributed by atoms with Crippen molar-refractivity contribution in [2.24, 2.45) is 5.41 Å². The van der Waals surface area contributed by atoms with E-state index >= 15 is 0 Å². The number of aromatic nitrogens is 1. The van der Waals surface area contributed by atoms with Gasteiger partial charge in [-0.1, -0.05) is 34.6 Å². The molecule has 3 rings (SSSR count). The van der Waals surface area contributed by atoms with Crippen molar-refractivity contribution in [3.05, 3.63) is 26.1 Å². The van der Waals surface area contributed by atoms with E-state index in [1.165, 1.54) is 14.8 Å². The molecule has 1 N–H and O–H groups in total. The van der Waals surface area contributed by atoms with Crippen molar-refractivity contribution in [1.82, 2.24) is 4.98 Å². The normalized spacial score (nSPS) is 23.1. The topological polar surface area (TPSA) is 51.6 Å². The molecule has 4 nitrogen and oxygen atoms in total. The van der Waals surface area contributed by atoms with E-state index in [-0.39, 0.29) is 23.2 Å². The second-order valence-corrected chi connectivity index (χ2v) is 16.9. The third-order valence-corrected chi connectivity index (χ3v) is 12.8. The molecule has 0 amide bonds. The highest BCUT2D eigenvalue weighted by atomic mass is 127. The Kier molecular flexibility index (Phi) is 6.92. The fourth-order valence-corrected chi connectivity index (χ4v) is 6.73. The van der Waals surface area contributed by atoms with Gasteiger partial charge in [-0.15, -0.1) is 0 Å². The van der Waals surface area contributed by atoms with Gasteiger partial charge in [-0.3, -0.25) is 4.98 Å². The van der Waals surface area contributed by atoms with Crippen molar-refractivity contribution in [2.75, 3.05) is 13.2 Å². The Labute approximate surface area is 191 Å². The number of pyridine rings is 1. The van der Waals surface area contributed by atoms with E-state index in [2.05, 4.69) is 70.3 Å². The highest BCUT2D eigenvalue weighted by Gasteiger charge is 2.44. The van der Waals surface area contributed by atoms with Crippen LogP contribution in [0.2, 0.25) is 18.1 Å². The number of aliphatic hydroxyl groups is 1. The number of rotatable bonds is 4. The molecule has 0 saturated carbocycles. The molecular formula is C23H38INO3Si. The predicted molar refractivity (Wildman–Crippen MR) is 129 cm³/mol. The minimum absolute atomic E-state index is 0.0431. The molecule has 2 heterocycles. The lowest BCUT2D eigenvalue weighted by Gasteiger charge is -2.44. The largest absolute Gasteiger partial charge is 0.410 e. The molecular weight excluding hydrogens is 493 g/mol. The van der Waals surface area contributed by atoms with Crippen molar-refractivity contribution < 1.29 is 14.3 Å². The lowest BCUT2D eigenvalue weighted by Crippen LogP contribution is -2.44. The minimum atomic E-state index is -1.93. The summed E-state index contributed by atoms with van der Waals surface area (Å²) in [4.78, 5) is 5.22. The van der Waals surface area contributed by atoms with Crippen LogP contribution in [-0.2, 0) is 22.2 Å². The first-order chi connectivity index (χ1) is 13.4. The van der Waals surface area contributed by atoms with Gasteiger partial charge in [-0.05, 0) is 71.8 Å². The number of ether oxygens (including phenoxy) is 1. The molecule has 1 fully saturated rings. The zero-order valence-corrected chi connectivity index (χ0v) is 22.4. The zero-order chi connectivity index (χ0) is 21.6.